The fraction of sp³-hybridized carbons (Fsp3) is 0.500. The topological polar surface area (TPSA) is 149 Å². The second kappa shape index (κ2) is 5.23. The number of amides is 4. The second-order valence-corrected chi connectivity index (χ2v) is 6.96. The summed E-state index contributed by atoms with van der Waals surface area (Å²) in [5, 5.41) is 17.8. The molecule has 10 nitrogen and oxygen atoms in total. The first-order valence-corrected chi connectivity index (χ1v) is 8.06. The van der Waals surface area contributed by atoms with E-state index in [1.807, 2.05) is 0 Å². The molecule has 2 aliphatic heterocycles. The fourth-order valence-electron chi connectivity index (χ4n) is 4.93. The summed E-state index contributed by atoms with van der Waals surface area (Å²) in [4.78, 5) is 73.7. The lowest BCUT2D eigenvalue weighted by Gasteiger charge is -2.44. The van der Waals surface area contributed by atoms with E-state index in [2.05, 4.69) is 0 Å². The first kappa shape index (κ1) is 16.4. The molecule has 0 spiro atoms. The van der Waals surface area contributed by atoms with Crippen molar-refractivity contribution in [2.75, 3.05) is 13.1 Å². The first-order chi connectivity index (χ1) is 12.2. The standard InChI is InChI=1S/C16H14N2O8/c19-7(20)3-17-13(23)9-5-1-2-6(11(9)15(17)25)12-10(5)14(24)18(16(12)26)4-8(21)22/h1-2,5-6,9-12H,3-4H2,(H,19,20)(H,21,22)/t5?,6?,9-,10-,11-,12+/m1/s1. The van der Waals surface area contributed by atoms with Crippen molar-refractivity contribution in [3.05, 3.63) is 12.2 Å². The molecule has 0 aromatic carbocycles. The van der Waals surface area contributed by atoms with E-state index in [0.717, 1.165) is 0 Å². The van der Waals surface area contributed by atoms with Crippen LogP contribution in [0, 0.1) is 35.5 Å². The van der Waals surface area contributed by atoms with Gasteiger partial charge in [-0.2, -0.15) is 0 Å². The number of aliphatic carboxylic acids is 2. The molecule has 0 aromatic rings. The number of hydrogen-bond acceptors (Lipinski definition) is 6. The molecular formula is C16H14N2O8. The first-order valence-electron chi connectivity index (χ1n) is 8.06. The second-order valence-electron chi connectivity index (χ2n) is 6.96. The van der Waals surface area contributed by atoms with Gasteiger partial charge in [-0.25, -0.2) is 0 Å². The van der Waals surface area contributed by atoms with Crippen molar-refractivity contribution in [2.24, 2.45) is 35.5 Å². The number of hydrogen-bond donors (Lipinski definition) is 2. The summed E-state index contributed by atoms with van der Waals surface area (Å²) in [6.07, 6.45) is 3.25. The van der Waals surface area contributed by atoms with E-state index in [9.17, 15) is 28.8 Å². The maximum Gasteiger partial charge on any atom is 0.323 e. The lowest BCUT2D eigenvalue weighted by molar-refractivity contribution is -0.150. The Morgan fingerprint density at radius 3 is 1.19 bits per heavy atom. The monoisotopic (exact) mass is 362 g/mol. The molecule has 4 amide bonds. The Balaban J connectivity index is 1.72. The minimum atomic E-state index is -1.33. The lowest BCUT2D eigenvalue weighted by atomic mass is 9.54. The molecule has 10 heteroatoms. The van der Waals surface area contributed by atoms with E-state index in [-0.39, 0.29) is 0 Å². The molecule has 26 heavy (non-hydrogen) atoms. The average molecular weight is 362 g/mol. The van der Waals surface area contributed by atoms with Gasteiger partial charge in [0.15, 0.2) is 0 Å². The van der Waals surface area contributed by atoms with Gasteiger partial charge in [0.25, 0.3) is 0 Å². The highest BCUT2D eigenvalue weighted by molar-refractivity contribution is 6.12. The molecule has 6 atom stereocenters. The number of carbonyl (C=O) groups is 6. The number of likely N-dealkylation sites (tertiary alicyclic amines) is 2. The van der Waals surface area contributed by atoms with Crippen molar-refractivity contribution >= 4 is 35.6 Å². The summed E-state index contributed by atoms with van der Waals surface area (Å²) >= 11 is 0. The van der Waals surface area contributed by atoms with Crippen LogP contribution in [0.5, 0.6) is 0 Å². The zero-order valence-corrected chi connectivity index (χ0v) is 13.3. The number of carbonyl (C=O) groups excluding carboxylic acids is 4. The molecule has 2 saturated heterocycles. The van der Waals surface area contributed by atoms with Crippen LogP contribution < -0.4 is 0 Å². The fourth-order valence-corrected chi connectivity index (χ4v) is 4.93. The summed E-state index contributed by atoms with van der Waals surface area (Å²) in [7, 11) is 0. The van der Waals surface area contributed by atoms with E-state index < -0.39 is 84.2 Å². The van der Waals surface area contributed by atoms with Crippen molar-refractivity contribution in [3.8, 4) is 0 Å². The smallest absolute Gasteiger partial charge is 0.323 e. The molecule has 136 valence electrons. The zero-order chi connectivity index (χ0) is 18.9. The van der Waals surface area contributed by atoms with E-state index in [1.165, 1.54) is 0 Å². The molecule has 1 saturated carbocycles. The molecule has 0 aromatic heterocycles. The summed E-state index contributed by atoms with van der Waals surface area (Å²) in [5.74, 6) is -10.3. The molecular weight excluding hydrogens is 348 g/mol. The van der Waals surface area contributed by atoms with Crippen molar-refractivity contribution < 1.29 is 39.0 Å². The van der Waals surface area contributed by atoms with E-state index in [0.29, 0.717) is 9.80 Å². The summed E-state index contributed by atoms with van der Waals surface area (Å²) in [5.41, 5.74) is 0. The van der Waals surface area contributed by atoms with Crippen LogP contribution in [-0.4, -0.2) is 68.7 Å². The summed E-state index contributed by atoms with van der Waals surface area (Å²) in [6.45, 7) is -1.51. The number of carboxylic acid groups (broad SMARTS) is 2. The Hall–Kier alpha value is -3.04. The molecule has 0 radical (unpaired) electrons. The van der Waals surface area contributed by atoms with Crippen LogP contribution >= 0.6 is 0 Å². The van der Waals surface area contributed by atoms with Crippen LogP contribution in [-0.2, 0) is 28.8 Å². The Labute approximate surface area is 146 Å². The third kappa shape index (κ3) is 1.92. The molecule has 5 rings (SSSR count). The Morgan fingerprint density at radius 1 is 0.692 bits per heavy atom. The maximum atomic E-state index is 12.6. The van der Waals surface area contributed by atoms with Gasteiger partial charge in [-0.1, -0.05) is 12.2 Å². The molecule has 2 unspecified atom stereocenters. The highest BCUT2D eigenvalue weighted by Gasteiger charge is 2.68. The molecule has 5 aliphatic rings. The van der Waals surface area contributed by atoms with Gasteiger partial charge in [0.1, 0.15) is 13.1 Å². The summed E-state index contributed by atoms with van der Waals surface area (Å²) in [6, 6.07) is 0. The Bertz CT molecular complexity index is 707. The van der Waals surface area contributed by atoms with Gasteiger partial charge < -0.3 is 10.2 Å². The minimum absolute atomic E-state index is 0.655. The maximum absolute atomic E-state index is 12.6. The van der Waals surface area contributed by atoms with Gasteiger partial charge >= 0.3 is 11.9 Å². The molecule has 2 bridgehead atoms. The van der Waals surface area contributed by atoms with Crippen molar-refractivity contribution in [1.82, 2.24) is 9.80 Å². The van der Waals surface area contributed by atoms with Crippen LogP contribution in [0.4, 0.5) is 0 Å². The highest BCUT2D eigenvalue weighted by Crippen LogP contribution is 2.57. The predicted octanol–water partition coefficient (Wildman–Crippen LogP) is -1.83. The van der Waals surface area contributed by atoms with Crippen molar-refractivity contribution in [3.63, 3.8) is 0 Å². The van der Waals surface area contributed by atoms with Gasteiger partial charge in [-0.05, 0) is 0 Å². The highest BCUT2D eigenvalue weighted by atomic mass is 16.4. The van der Waals surface area contributed by atoms with Crippen molar-refractivity contribution in [1.29, 1.82) is 0 Å². The van der Waals surface area contributed by atoms with Crippen LogP contribution in [0.15, 0.2) is 12.2 Å². The number of rotatable bonds is 4. The van der Waals surface area contributed by atoms with E-state index >= 15 is 0 Å². The van der Waals surface area contributed by atoms with Gasteiger partial charge in [0.05, 0.1) is 23.7 Å². The molecule has 3 fully saturated rings. The van der Waals surface area contributed by atoms with Crippen LogP contribution in [0.2, 0.25) is 0 Å². The predicted molar refractivity (Wildman–Crippen MR) is 78.8 cm³/mol. The Morgan fingerprint density at radius 2 is 0.962 bits per heavy atom. The van der Waals surface area contributed by atoms with Gasteiger partial charge in [-0.3, -0.25) is 38.6 Å². The largest absolute Gasteiger partial charge is 0.480 e. The number of imide groups is 2. The van der Waals surface area contributed by atoms with E-state index in [4.69, 9.17) is 10.2 Å². The van der Waals surface area contributed by atoms with Crippen LogP contribution in [0.1, 0.15) is 0 Å². The average Bonchev–Trinajstić information content (AvgIpc) is 2.98. The Kier molecular flexibility index (Phi) is 3.30. The third-order valence-corrected chi connectivity index (χ3v) is 5.78. The quantitative estimate of drug-likeness (QED) is 0.438. The van der Waals surface area contributed by atoms with E-state index in [1.54, 1.807) is 12.2 Å². The number of nitrogens with zero attached hydrogens (tertiary/aromatic N) is 2. The zero-order valence-electron chi connectivity index (χ0n) is 13.3. The molecule has 3 aliphatic carbocycles. The van der Waals surface area contributed by atoms with Crippen LogP contribution in [0.25, 0.3) is 0 Å². The lowest BCUT2D eigenvalue weighted by Crippen LogP contribution is -2.50. The number of allylic oxidation sites excluding steroid dienone is 2. The normalized spacial score (nSPS) is 37.4. The third-order valence-electron chi connectivity index (χ3n) is 5.78. The summed E-state index contributed by atoms with van der Waals surface area (Å²) < 4.78 is 0. The van der Waals surface area contributed by atoms with Gasteiger partial charge in [0.2, 0.25) is 23.6 Å². The molecule has 2 N–H and O–H groups in total. The SMILES string of the molecule is O=C(O)CN1C(=O)[C@@H]2C3C=CC([C@H]2C1=O)[C@@H]1C(=O)N(CC(=O)O)C(=O)[C@H]31. The molecule has 2 heterocycles. The van der Waals surface area contributed by atoms with Crippen LogP contribution in [0.3, 0.4) is 0 Å². The van der Waals surface area contributed by atoms with Crippen molar-refractivity contribution in [2.45, 2.75) is 0 Å². The van der Waals surface area contributed by atoms with Gasteiger partial charge in [0, 0.05) is 11.8 Å². The van der Waals surface area contributed by atoms with Gasteiger partial charge in [-0.15, -0.1) is 0 Å². The minimum Gasteiger partial charge on any atom is -0.480 e. The number of carboxylic acids is 2.